The molecule has 0 bridgehead atoms. The van der Waals surface area contributed by atoms with E-state index in [4.69, 9.17) is 5.73 Å². The average Bonchev–Trinajstić information content (AvgIpc) is 2.75. The highest BCUT2D eigenvalue weighted by Crippen LogP contribution is 2.38. The van der Waals surface area contributed by atoms with Crippen molar-refractivity contribution in [2.45, 2.75) is 45.1 Å². The second-order valence-corrected chi connectivity index (χ2v) is 7.88. The molecule has 0 unspecified atom stereocenters. The smallest absolute Gasteiger partial charge is 0.255 e. The van der Waals surface area contributed by atoms with E-state index in [0.717, 1.165) is 31.2 Å². The van der Waals surface area contributed by atoms with Gasteiger partial charge in [0.2, 0.25) is 5.91 Å². The quantitative estimate of drug-likeness (QED) is 0.660. The molecule has 3 rings (SSSR count). The summed E-state index contributed by atoms with van der Waals surface area (Å²) < 4.78 is 12.9. The van der Waals surface area contributed by atoms with Gasteiger partial charge in [-0.3, -0.25) is 9.59 Å². The van der Waals surface area contributed by atoms with Gasteiger partial charge in [-0.1, -0.05) is 31.4 Å². The predicted octanol–water partition coefficient (Wildman–Crippen LogP) is 3.99. The molecule has 2 aromatic carbocycles. The van der Waals surface area contributed by atoms with Crippen molar-refractivity contribution in [1.29, 1.82) is 0 Å². The molecular weight excluding hydrogens is 369 g/mol. The molecule has 0 spiro atoms. The maximum absolute atomic E-state index is 12.9. The van der Waals surface area contributed by atoms with E-state index in [1.54, 1.807) is 12.1 Å². The molecule has 1 saturated carbocycles. The highest BCUT2D eigenvalue weighted by Gasteiger charge is 2.32. The van der Waals surface area contributed by atoms with Crippen LogP contribution >= 0.6 is 0 Å². The molecule has 1 fully saturated rings. The Morgan fingerprint density at radius 2 is 1.62 bits per heavy atom. The van der Waals surface area contributed by atoms with E-state index in [1.807, 2.05) is 12.1 Å². The summed E-state index contributed by atoms with van der Waals surface area (Å²) in [4.78, 5) is 24.7. The lowest BCUT2D eigenvalue weighted by molar-refractivity contribution is -0.124. The van der Waals surface area contributed by atoms with E-state index in [0.29, 0.717) is 30.8 Å². The molecule has 0 saturated heterocycles. The van der Waals surface area contributed by atoms with Crippen molar-refractivity contribution >= 4 is 17.5 Å². The summed E-state index contributed by atoms with van der Waals surface area (Å²) in [6, 6.07) is 12.7. The van der Waals surface area contributed by atoms with Crippen LogP contribution in [0.2, 0.25) is 0 Å². The molecule has 2 amide bonds. The Bertz CT molecular complexity index is 828. The molecule has 0 atom stereocenters. The maximum atomic E-state index is 12.9. The Morgan fingerprint density at radius 1 is 0.966 bits per heavy atom. The fourth-order valence-electron chi connectivity index (χ4n) is 3.87. The van der Waals surface area contributed by atoms with Gasteiger partial charge >= 0.3 is 0 Å². The second kappa shape index (κ2) is 9.65. The van der Waals surface area contributed by atoms with Crippen LogP contribution < -0.4 is 16.4 Å². The van der Waals surface area contributed by atoms with Gasteiger partial charge in [0.25, 0.3) is 5.91 Å². The van der Waals surface area contributed by atoms with Crippen LogP contribution in [0.3, 0.4) is 0 Å². The Balaban J connectivity index is 1.50. The van der Waals surface area contributed by atoms with Crippen LogP contribution in [0.5, 0.6) is 0 Å². The lowest BCUT2D eigenvalue weighted by Crippen LogP contribution is -2.38. The number of rotatable bonds is 7. The number of anilines is 1. The summed E-state index contributed by atoms with van der Waals surface area (Å²) in [6.45, 7) is 0.970. The van der Waals surface area contributed by atoms with E-state index < -0.39 is 0 Å². The minimum atomic E-state index is -0.352. The molecule has 154 valence electrons. The second-order valence-electron chi connectivity index (χ2n) is 7.88. The van der Waals surface area contributed by atoms with Crippen LogP contribution in [-0.4, -0.2) is 18.4 Å². The predicted molar refractivity (Wildman–Crippen MR) is 112 cm³/mol. The molecule has 5 nitrogen and oxygen atoms in total. The lowest BCUT2D eigenvalue weighted by atomic mass is 9.71. The summed E-state index contributed by atoms with van der Waals surface area (Å²) in [7, 11) is 0. The molecule has 2 aromatic rings. The lowest BCUT2D eigenvalue weighted by Gasteiger charge is -2.35. The van der Waals surface area contributed by atoms with E-state index in [2.05, 4.69) is 10.6 Å². The molecule has 6 heteroatoms. The number of hydrogen-bond donors (Lipinski definition) is 3. The molecule has 0 aromatic heterocycles. The number of carbonyl (C=O) groups excluding carboxylic acids is 2. The number of amides is 2. The van der Waals surface area contributed by atoms with Gasteiger partial charge in [-0.05, 0) is 66.8 Å². The van der Waals surface area contributed by atoms with Crippen molar-refractivity contribution < 1.29 is 14.0 Å². The first-order valence-corrected chi connectivity index (χ1v) is 10.1. The zero-order chi connectivity index (χ0) is 20.7. The van der Waals surface area contributed by atoms with Gasteiger partial charge in [-0.2, -0.15) is 0 Å². The summed E-state index contributed by atoms with van der Waals surface area (Å²) in [5, 5.41) is 5.69. The topological polar surface area (TPSA) is 84.2 Å². The van der Waals surface area contributed by atoms with Crippen LogP contribution in [0.1, 0.15) is 54.4 Å². The standard InChI is InChI=1S/C23H28FN3O2/c24-19-8-10-20(11-9-19)27-22(29)18-6-4-17(5-7-18)15-26-21(28)14-23(16-25)12-2-1-3-13-23/h4-11H,1-3,12-16,25H2,(H,26,28)(H,27,29). The third kappa shape index (κ3) is 5.87. The first kappa shape index (κ1) is 21.0. The number of nitrogens with two attached hydrogens (primary N) is 1. The highest BCUT2D eigenvalue weighted by molar-refractivity contribution is 6.04. The minimum Gasteiger partial charge on any atom is -0.352 e. The molecule has 1 aliphatic carbocycles. The molecule has 0 radical (unpaired) electrons. The molecule has 0 heterocycles. The van der Waals surface area contributed by atoms with Crippen LogP contribution in [-0.2, 0) is 11.3 Å². The van der Waals surface area contributed by atoms with Crippen molar-refractivity contribution in [2.24, 2.45) is 11.1 Å². The third-order valence-electron chi connectivity index (χ3n) is 5.69. The van der Waals surface area contributed by atoms with Crippen molar-refractivity contribution in [3.8, 4) is 0 Å². The summed E-state index contributed by atoms with van der Waals surface area (Å²) in [6.07, 6.45) is 6.04. The Hall–Kier alpha value is -2.73. The van der Waals surface area contributed by atoms with Gasteiger partial charge in [0.1, 0.15) is 5.82 Å². The van der Waals surface area contributed by atoms with Gasteiger partial charge in [0.05, 0.1) is 0 Å². The number of nitrogens with one attached hydrogen (secondary N) is 2. The van der Waals surface area contributed by atoms with Crippen LogP contribution in [0.15, 0.2) is 48.5 Å². The van der Waals surface area contributed by atoms with Crippen LogP contribution in [0.4, 0.5) is 10.1 Å². The summed E-state index contributed by atoms with van der Waals surface area (Å²) in [5.41, 5.74) is 7.86. The number of carbonyl (C=O) groups is 2. The highest BCUT2D eigenvalue weighted by atomic mass is 19.1. The molecule has 4 N–H and O–H groups in total. The Morgan fingerprint density at radius 3 is 2.24 bits per heavy atom. The van der Waals surface area contributed by atoms with Gasteiger partial charge in [-0.25, -0.2) is 4.39 Å². The normalized spacial score (nSPS) is 15.5. The zero-order valence-electron chi connectivity index (χ0n) is 16.5. The average molecular weight is 397 g/mol. The molecule has 29 heavy (non-hydrogen) atoms. The summed E-state index contributed by atoms with van der Waals surface area (Å²) >= 11 is 0. The maximum Gasteiger partial charge on any atom is 0.255 e. The van der Waals surface area contributed by atoms with Gasteiger partial charge in [-0.15, -0.1) is 0 Å². The van der Waals surface area contributed by atoms with Crippen molar-refractivity contribution in [3.63, 3.8) is 0 Å². The Labute approximate surface area is 170 Å². The van der Waals surface area contributed by atoms with Gasteiger partial charge < -0.3 is 16.4 Å². The van der Waals surface area contributed by atoms with Crippen LogP contribution in [0, 0.1) is 11.2 Å². The third-order valence-corrected chi connectivity index (χ3v) is 5.69. The minimum absolute atomic E-state index is 0.0236. The van der Waals surface area contributed by atoms with E-state index in [-0.39, 0.29) is 23.0 Å². The van der Waals surface area contributed by atoms with Gasteiger partial charge in [0, 0.05) is 24.2 Å². The number of hydrogen-bond acceptors (Lipinski definition) is 3. The monoisotopic (exact) mass is 397 g/mol. The molecule has 0 aliphatic heterocycles. The van der Waals surface area contributed by atoms with Crippen LogP contribution in [0.25, 0.3) is 0 Å². The number of benzene rings is 2. The first-order chi connectivity index (χ1) is 14.0. The first-order valence-electron chi connectivity index (χ1n) is 10.1. The zero-order valence-corrected chi connectivity index (χ0v) is 16.5. The molecule has 1 aliphatic rings. The van der Waals surface area contributed by atoms with Crippen molar-refractivity contribution in [3.05, 3.63) is 65.5 Å². The Kier molecular flexibility index (Phi) is 6.99. The number of halogens is 1. The largest absolute Gasteiger partial charge is 0.352 e. The van der Waals surface area contributed by atoms with E-state index in [1.165, 1.54) is 30.7 Å². The van der Waals surface area contributed by atoms with Crippen molar-refractivity contribution in [2.75, 3.05) is 11.9 Å². The van der Waals surface area contributed by atoms with Gasteiger partial charge in [0.15, 0.2) is 0 Å². The van der Waals surface area contributed by atoms with E-state index in [9.17, 15) is 14.0 Å². The van der Waals surface area contributed by atoms with E-state index >= 15 is 0 Å². The fraction of sp³-hybridized carbons (Fsp3) is 0.391. The molecular formula is C23H28FN3O2. The fourth-order valence-corrected chi connectivity index (χ4v) is 3.87. The van der Waals surface area contributed by atoms with Crippen molar-refractivity contribution in [1.82, 2.24) is 5.32 Å². The summed E-state index contributed by atoms with van der Waals surface area (Å²) in [5.74, 6) is -0.597. The SMILES string of the molecule is NCC1(CC(=O)NCc2ccc(C(=O)Nc3ccc(F)cc3)cc2)CCCCC1.